The van der Waals surface area contributed by atoms with Gasteiger partial charge in [-0.15, -0.1) is 10.2 Å². The molecule has 1 saturated heterocycles. The van der Waals surface area contributed by atoms with E-state index in [9.17, 15) is 4.79 Å². The first-order chi connectivity index (χ1) is 12.1. The number of amides is 1. The second-order valence-electron chi connectivity index (χ2n) is 7.99. The lowest BCUT2D eigenvalue weighted by Gasteiger charge is -2.24. The Morgan fingerprint density at radius 2 is 2.16 bits per heavy atom. The van der Waals surface area contributed by atoms with Crippen LogP contribution in [0.15, 0.2) is 10.6 Å². The number of fused-ring (bicyclic) bond motifs is 1. The van der Waals surface area contributed by atoms with Gasteiger partial charge in [-0.2, -0.15) is 5.10 Å². The van der Waals surface area contributed by atoms with Gasteiger partial charge in [0.15, 0.2) is 5.69 Å². The number of carbonyl (C=O) groups is 1. The number of aryl methyl sites for hydroxylation is 2. The van der Waals surface area contributed by atoms with E-state index in [4.69, 9.17) is 4.42 Å². The van der Waals surface area contributed by atoms with E-state index in [1.165, 1.54) is 0 Å². The minimum atomic E-state index is -0.154. The van der Waals surface area contributed by atoms with Crippen molar-refractivity contribution in [2.75, 3.05) is 13.1 Å². The number of aromatic nitrogens is 4. The molecule has 7 heteroatoms. The zero-order valence-corrected chi connectivity index (χ0v) is 14.7. The monoisotopic (exact) mass is 341 g/mol. The molecule has 2 aliphatic carbocycles. The van der Waals surface area contributed by atoms with Gasteiger partial charge in [-0.25, -0.2) is 0 Å². The molecule has 2 atom stereocenters. The summed E-state index contributed by atoms with van der Waals surface area (Å²) in [6.07, 6.45) is 7.50. The summed E-state index contributed by atoms with van der Waals surface area (Å²) in [5, 5.41) is 13.0. The highest BCUT2D eigenvalue weighted by molar-refractivity contribution is 5.94. The molecule has 0 spiro atoms. The fraction of sp³-hybridized carbons (Fsp3) is 0.667. The first-order valence-corrected chi connectivity index (χ1v) is 9.20. The maximum Gasteiger partial charge on any atom is 0.274 e. The van der Waals surface area contributed by atoms with Gasteiger partial charge in [0.1, 0.15) is 0 Å². The molecule has 2 saturated carbocycles. The molecular weight excluding hydrogens is 318 g/mol. The topological polar surface area (TPSA) is 77.1 Å². The lowest BCUT2D eigenvalue weighted by Crippen LogP contribution is -2.35. The highest BCUT2D eigenvalue weighted by atomic mass is 16.4. The predicted octanol–water partition coefficient (Wildman–Crippen LogP) is 2.18. The molecule has 1 aliphatic heterocycles. The van der Waals surface area contributed by atoms with Crippen molar-refractivity contribution in [3.8, 4) is 0 Å². The molecule has 3 aliphatic rings. The van der Waals surface area contributed by atoms with Gasteiger partial charge in [0.25, 0.3) is 5.91 Å². The molecule has 2 aromatic rings. The summed E-state index contributed by atoms with van der Waals surface area (Å²) in [7, 11) is 1.85. The lowest BCUT2D eigenvalue weighted by molar-refractivity contribution is 0.0768. The van der Waals surface area contributed by atoms with Crippen molar-refractivity contribution >= 4 is 5.91 Å². The third-order valence-corrected chi connectivity index (χ3v) is 6.17. The van der Waals surface area contributed by atoms with Gasteiger partial charge in [0.2, 0.25) is 11.8 Å². The molecule has 3 fully saturated rings. The SMILES string of the molecule is Cc1cn(C)nc1C(=O)N1C[C@@H]2CCC[C@]2(c2nnc(C3CC3)o2)C1. The van der Waals surface area contributed by atoms with Crippen molar-refractivity contribution in [1.82, 2.24) is 24.9 Å². The number of hydrogen-bond acceptors (Lipinski definition) is 5. The smallest absolute Gasteiger partial charge is 0.274 e. The normalized spacial score (nSPS) is 28.6. The summed E-state index contributed by atoms with van der Waals surface area (Å²) in [5.41, 5.74) is 1.33. The Morgan fingerprint density at radius 1 is 1.32 bits per heavy atom. The quantitative estimate of drug-likeness (QED) is 0.855. The second-order valence-corrected chi connectivity index (χ2v) is 7.99. The van der Waals surface area contributed by atoms with Gasteiger partial charge in [0, 0.05) is 37.8 Å². The van der Waals surface area contributed by atoms with Crippen LogP contribution in [0.2, 0.25) is 0 Å². The fourth-order valence-electron chi connectivity index (χ4n) is 4.69. The molecule has 0 radical (unpaired) electrons. The number of carbonyl (C=O) groups excluding carboxylic acids is 1. The minimum Gasteiger partial charge on any atom is -0.424 e. The third kappa shape index (κ3) is 2.24. The number of hydrogen-bond donors (Lipinski definition) is 0. The van der Waals surface area contributed by atoms with Gasteiger partial charge >= 0.3 is 0 Å². The van der Waals surface area contributed by atoms with Crippen molar-refractivity contribution in [1.29, 1.82) is 0 Å². The Kier molecular flexibility index (Phi) is 3.12. The molecule has 0 bridgehead atoms. The molecule has 7 nitrogen and oxygen atoms in total. The molecule has 5 rings (SSSR count). The Bertz CT molecular complexity index is 836. The van der Waals surface area contributed by atoms with E-state index >= 15 is 0 Å². The van der Waals surface area contributed by atoms with Crippen molar-refractivity contribution in [2.24, 2.45) is 13.0 Å². The van der Waals surface area contributed by atoms with Gasteiger partial charge in [-0.05, 0) is 38.5 Å². The van der Waals surface area contributed by atoms with E-state index in [-0.39, 0.29) is 11.3 Å². The van der Waals surface area contributed by atoms with Crippen LogP contribution in [-0.2, 0) is 12.5 Å². The molecule has 25 heavy (non-hydrogen) atoms. The van der Waals surface area contributed by atoms with Crippen LogP contribution in [-0.4, -0.2) is 43.9 Å². The van der Waals surface area contributed by atoms with Crippen molar-refractivity contribution < 1.29 is 9.21 Å². The van der Waals surface area contributed by atoms with Crippen LogP contribution in [0.5, 0.6) is 0 Å². The average molecular weight is 341 g/mol. The molecule has 132 valence electrons. The van der Waals surface area contributed by atoms with E-state index in [2.05, 4.69) is 15.3 Å². The zero-order valence-electron chi connectivity index (χ0n) is 14.7. The maximum atomic E-state index is 13.0. The van der Waals surface area contributed by atoms with Crippen molar-refractivity contribution in [3.63, 3.8) is 0 Å². The molecule has 0 aromatic carbocycles. The molecule has 2 aromatic heterocycles. The Labute approximate surface area is 146 Å². The average Bonchev–Trinajstić information content (AvgIpc) is 2.94. The number of likely N-dealkylation sites (tertiary alicyclic amines) is 1. The zero-order chi connectivity index (χ0) is 17.2. The molecule has 0 N–H and O–H groups in total. The molecule has 0 unspecified atom stereocenters. The van der Waals surface area contributed by atoms with Gasteiger partial charge in [-0.3, -0.25) is 9.48 Å². The third-order valence-electron chi connectivity index (χ3n) is 6.17. The minimum absolute atomic E-state index is 0.0220. The predicted molar refractivity (Wildman–Crippen MR) is 89.1 cm³/mol. The summed E-state index contributed by atoms with van der Waals surface area (Å²) in [4.78, 5) is 14.9. The number of nitrogens with zero attached hydrogens (tertiary/aromatic N) is 5. The van der Waals surface area contributed by atoms with Crippen LogP contribution >= 0.6 is 0 Å². The summed E-state index contributed by atoms with van der Waals surface area (Å²) in [6, 6.07) is 0. The van der Waals surface area contributed by atoms with E-state index in [0.29, 0.717) is 24.1 Å². The van der Waals surface area contributed by atoms with Crippen LogP contribution in [0.1, 0.15) is 65.9 Å². The van der Waals surface area contributed by atoms with Crippen LogP contribution in [0.25, 0.3) is 0 Å². The van der Waals surface area contributed by atoms with Gasteiger partial charge < -0.3 is 9.32 Å². The summed E-state index contributed by atoms with van der Waals surface area (Å²) >= 11 is 0. The Balaban J connectivity index is 1.44. The molecular formula is C18H23N5O2. The fourth-order valence-corrected chi connectivity index (χ4v) is 4.69. The Morgan fingerprint density at radius 3 is 2.88 bits per heavy atom. The number of rotatable bonds is 3. The Hall–Kier alpha value is -2.18. The molecule has 1 amide bonds. The van der Waals surface area contributed by atoms with Crippen LogP contribution in [0.4, 0.5) is 0 Å². The van der Waals surface area contributed by atoms with Crippen LogP contribution in [0.3, 0.4) is 0 Å². The summed E-state index contributed by atoms with van der Waals surface area (Å²) < 4.78 is 7.78. The van der Waals surface area contributed by atoms with Crippen molar-refractivity contribution in [2.45, 2.75) is 50.4 Å². The largest absolute Gasteiger partial charge is 0.424 e. The van der Waals surface area contributed by atoms with E-state index < -0.39 is 0 Å². The first-order valence-electron chi connectivity index (χ1n) is 9.20. The first kappa shape index (κ1) is 15.1. The van der Waals surface area contributed by atoms with Crippen LogP contribution < -0.4 is 0 Å². The van der Waals surface area contributed by atoms with Gasteiger partial charge in [0.05, 0.1) is 5.41 Å². The highest BCUT2D eigenvalue weighted by Crippen LogP contribution is 2.51. The van der Waals surface area contributed by atoms with E-state index in [0.717, 1.165) is 56.0 Å². The highest BCUT2D eigenvalue weighted by Gasteiger charge is 2.55. The standard InChI is InChI=1S/C18H23N5O2/c1-11-8-22(2)21-14(11)16(24)23-9-13-4-3-7-18(13,10-23)17-20-19-15(25-17)12-5-6-12/h8,12-13H,3-7,9-10H2,1-2H3/t13-,18-/m0/s1. The second kappa shape index (κ2) is 5.16. The van der Waals surface area contributed by atoms with Gasteiger partial charge in [-0.1, -0.05) is 6.42 Å². The van der Waals surface area contributed by atoms with E-state index in [1.807, 2.05) is 25.1 Å². The summed E-state index contributed by atoms with van der Waals surface area (Å²) in [6.45, 7) is 3.36. The molecule has 3 heterocycles. The van der Waals surface area contributed by atoms with Crippen molar-refractivity contribution in [3.05, 3.63) is 29.2 Å². The maximum absolute atomic E-state index is 13.0. The lowest BCUT2D eigenvalue weighted by atomic mass is 9.80. The summed E-state index contributed by atoms with van der Waals surface area (Å²) in [5.74, 6) is 2.44. The van der Waals surface area contributed by atoms with E-state index in [1.54, 1.807) is 4.68 Å². The van der Waals surface area contributed by atoms with Crippen LogP contribution in [0, 0.1) is 12.8 Å².